The molecule has 8 nitrogen and oxygen atoms in total. The van der Waals surface area contributed by atoms with Crippen molar-refractivity contribution in [1.82, 2.24) is 10.2 Å². The van der Waals surface area contributed by atoms with Gasteiger partial charge in [0.1, 0.15) is 5.75 Å². The van der Waals surface area contributed by atoms with Crippen molar-refractivity contribution in [3.63, 3.8) is 0 Å². The van der Waals surface area contributed by atoms with Gasteiger partial charge in [0, 0.05) is 19.6 Å². The molecule has 0 bridgehead atoms. The van der Waals surface area contributed by atoms with E-state index in [4.69, 9.17) is 9.47 Å². The van der Waals surface area contributed by atoms with Gasteiger partial charge in [0.2, 0.25) is 10.0 Å². The Balaban J connectivity index is 1.58. The summed E-state index contributed by atoms with van der Waals surface area (Å²) in [4.78, 5) is 14.8. The topological polar surface area (TPSA) is 88.2 Å². The second-order valence-electron chi connectivity index (χ2n) is 6.97. The Morgan fingerprint density at radius 1 is 1.30 bits per heavy atom. The minimum atomic E-state index is -3.51. The summed E-state index contributed by atoms with van der Waals surface area (Å²) in [5, 5.41) is 2.86. The molecule has 150 valence electrons. The summed E-state index contributed by atoms with van der Waals surface area (Å²) in [6.45, 7) is 6.62. The van der Waals surface area contributed by atoms with Crippen LogP contribution in [-0.4, -0.2) is 77.5 Å². The molecular weight excluding hydrogens is 370 g/mol. The van der Waals surface area contributed by atoms with Crippen molar-refractivity contribution < 1.29 is 22.7 Å². The first kappa shape index (κ1) is 19.9. The highest BCUT2D eigenvalue weighted by Gasteiger charge is 2.34. The van der Waals surface area contributed by atoms with Crippen LogP contribution >= 0.6 is 0 Å². The third-order valence-electron chi connectivity index (χ3n) is 4.73. The van der Waals surface area contributed by atoms with Gasteiger partial charge in [0.05, 0.1) is 31.7 Å². The summed E-state index contributed by atoms with van der Waals surface area (Å²) in [7, 11) is -3.51. The number of amides is 1. The van der Waals surface area contributed by atoms with Crippen molar-refractivity contribution in [1.29, 1.82) is 0 Å². The van der Waals surface area contributed by atoms with Crippen LogP contribution in [0.3, 0.4) is 0 Å². The number of ether oxygens (including phenoxy) is 2. The molecule has 9 heteroatoms. The first-order valence-corrected chi connectivity index (χ1v) is 11.0. The third-order valence-corrected chi connectivity index (χ3v) is 5.88. The van der Waals surface area contributed by atoms with E-state index in [1.807, 2.05) is 13.0 Å². The van der Waals surface area contributed by atoms with E-state index < -0.39 is 16.1 Å². The van der Waals surface area contributed by atoms with Crippen molar-refractivity contribution >= 4 is 21.6 Å². The molecule has 27 heavy (non-hydrogen) atoms. The monoisotopic (exact) mass is 397 g/mol. The lowest BCUT2D eigenvalue weighted by Crippen LogP contribution is -2.50. The number of morpholine rings is 1. The lowest BCUT2D eigenvalue weighted by molar-refractivity contribution is -0.127. The lowest BCUT2D eigenvalue weighted by Gasteiger charge is -2.34. The molecule has 0 unspecified atom stereocenters. The SMILES string of the molecule is Cc1ccc2c(c1)N(S(C)(=O)=O)C[C@H](C(=O)NCCCN1CCOCC1)O2. The van der Waals surface area contributed by atoms with Gasteiger partial charge in [-0.2, -0.15) is 0 Å². The van der Waals surface area contributed by atoms with Crippen LogP contribution in [0.25, 0.3) is 0 Å². The Hall–Kier alpha value is -1.84. The van der Waals surface area contributed by atoms with Crippen LogP contribution in [0.2, 0.25) is 0 Å². The highest BCUT2D eigenvalue weighted by atomic mass is 32.2. The van der Waals surface area contributed by atoms with E-state index >= 15 is 0 Å². The number of aryl methyl sites for hydroxylation is 1. The Morgan fingerprint density at radius 2 is 2.04 bits per heavy atom. The van der Waals surface area contributed by atoms with E-state index in [9.17, 15) is 13.2 Å². The van der Waals surface area contributed by atoms with Gasteiger partial charge < -0.3 is 14.8 Å². The van der Waals surface area contributed by atoms with Crippen LogP contribution in [-0.2, 0) is 19.6 Å². The van der Waals surface area contributed by atoms with Crippen LogP contribution in [0.5, 0.6) is 5.75 Å². The highest BCUT2D eigenvalue weighted by Crippen LogP contribution is 2.35. The summed E-state index contributed by atoms with van der Waals surface area (Å²) in [5.74, 6) is 0.114. The first-order chi connectivity index (χ1) is 12.8. The van der Waals surface area contributed by atoms with Gasteiger partial charge in [-0.15, -0.1) is 0 Å². The van der Waals surface area contributed by atoms with Crippen LogP contribution in [0.15, 0.2) is 18.2 Å². The zero-order chi connectivity index (χ0) is 19.4. The third kappa shape index (κ3) is 5.12. The molecule has 1 aromatic carbocycles. The number of sulfonamides is 1. The Labute approximate surface area is 160 Å². The summed E-state index contributed by atoms with van der Waals surface area (Å²) < 4.78 is 36.7. The number of nitrogens with one attached hydrogen (secondary N) is 1. The summed E-state index contributed by atoms with van der Waals surface area (Å²) in [6.07, 6.45) is 1.10. The largest absolute Gasteiger partial charge is 0.476 e. The predicted octanol–water partition coefficient (Wildman–Crippen LogP) is 0.361. The van der Waals surface area contributed by atoms with Gasteiger partial charge in [-0.1, -0.05) is 6.07 Å². The van der Waals surface area contributed by atoms with Gasteiger partial charge in [-0.05, 0) is 37.6 Å². The van der Waals surface area contributed by atoms with Gasteiger partial charge in [0.25, 0.3) is 5.91 Å². The van der Waals surface area contributed by atoms with E-state index in [1.54, 1.807) is 12.1 Å². The van der Waals surface area contributed by atoms with E-state index in [0.29, 0.717) is 18.0 Å². The second kappa shape index (κ2) is 8.45. The molecule has 1 N–H and O–H groups in total. The molecule has 3 rings (SSSR count). The van der Waals surface area contributed by atoms with Crippen LogP contribution < -0.4 is 14.4 Å². The number of anilines is 1. The van der Waals surface area contributed by atoms with Gasteiger partial charge in [-0.25, -0.2) is 8.42 Å². The zero-order valence-corrected chi connectivity index (χ0v) is 16.6. The van der Waals surface area contributed by atoms with Crippen molar-refractivity contribution in [3.8, 4) is 5.75 Å². The number of hydrogen-bond acceptors (Lipinski definition) is 6. The summed E-state index contributed by atoms with van der Waals surface area (Å²) >= 11 is 0. The van der Waals surface area contributed by atoms with E-state index in [1.165, 1.54) is 4.31 Å². The molecule has 0 aromatic heterocycles. The summed E-state index contributed by atoms with van der Waals surface area (Å²) in [6, 6.07) is 5.30. The molecule has 1 atom stereocenters. The number of fused-ring (bicyclic) bond motifs is 1. The van der Waals surface area contributed by atoms with Crippen molar-refractivity contribution in [2.75, 3.05) is 56.5 Å². The maximum atomic E-state index is 12.5. The highest BCUT2D eigenvalue weighted by molar-refractivity contribution is 7.92. The van der Waals surface area contributed by atoms with Crippen LogP contribution in [0, 0.1) is 6.92 Å². The number of carbonyl (C=O) groups excluding carboxylic acids is 1. The Bertz CT molecular complexity index is 777. The average Bonchev–Trinajstić information content (AvgIpc) is 2.64. The molecule has 2 aliphatic rings. The van der Waals surface area contributed by atoms with E-state index in [0.717, 1.165) is 51.1 Å². The molecule has 0 saturated carbocycles. The van der Waals surface area contributed by atoms with Crippen molar-refractivity contribution in [2.45, 2.75) is 19.4 Å². The number of carbonyl (C=O) groups is 1. The van der Waals surface area contributed by atoms with Crippen LogP contribution in [0.4, 0.5) is 5.69 Å². The number of hydrogen-bond donors (Lipinski definition) is 1. The minimum absolute atomic E-state index is 0.0232. The zero-order valence-electron chi connectivity index (χ0n) is 15.8. The Kier molecular flexibility index (Phi) is 6.23. The molecule has 1 saturated heterocycles. The maximum Gasteiger partial charge on any atom is 0.263 e. The Morgan fingerprint density at radius 3 is 2.74 bits per heavy atom. The fourth-order valence-electron chi connectivity index (χ4n) is 3.26. The normalized spacial score (nSPS) is 20.7. The molecule has 0 aliphatic carbocycles. The molecule has 2 aliphatic heterocycles. The van der Waals surface area contributed by atoms with Crippen LogP contribution in [0.1, 0.15) is 12.0 Å². The van der Waals surface area contributed by atoms with Crippen molar-refractivity contribution in [3.05, 3.63) is 23.8 Å². The molecule has 1 aromatic rings. The lowest BCUT2D eigenvalue weighted by atomic mass is 10.1. The molecular formula is C18H27N3O5S. The average molecular weight is 397 g/mol. The molecule has 0 radical (unpaired) electrons. The number of nitrogens with zero attached hydrogens (tertiary/aromatic N) is 2. The summed E-state index contributed by atoms with van der Waals surface area (Å²) in [5.41, 5.74) is 1.41. The maximum absolute atomic E-state index is 12.5. The fourth-order valence-corrected chi connectivity index (χ4v) is 4.17. The quantitative estimate of drug-likeness (QED) is 0.698. The second-order valence-corrected chi connectivity index (χ2v) is 8.88. The molecule has 1 amide bonds. The minimum Gasteiger partial charge on any atom is -0.476 e. The van der Waals surface area contributed by atoms with Gasteiger partial charge >= 0.3 is 0 Å². The van der Waals surface area contributed by atoms with E-state index in [-0.39, 0.29) is 12.5 Å². The number of rotatable bonds is 6. The number of benzene rings is 1. The van der Waals surface area contributed by atoms with Crippen molar-refractivity contribution in [2.24, 2.45) is 0 Å². The van der Waals surface area contributed by atoms with E-state index in [2.05, 4.69) is 10.2 Å². The molecule has 2 heterocycles. The predicted molar refractivity (Wildman–Crippen MR) is 103 cm³/mol. The van der Waals surface area contributed by atoms with Gasteiger partial charge in [0.15, 0.2) is 6.10 Å². The molecule has 1 fully saturated rings. The fraction of sp³-hybridized carbons (Fsp3) is 0.611. The molecule has 0 spiro atoms. The standard InChI is InChI=1S/C18H27N3O5S/c1-14-4-5-16-15(12-14)21(27(2,23)24)13-17(26-16)18(22)19-6-3-7-20-8-10-25-11-9-20/h4-5,12,17H,3,6-11,13H2,1-2H3,(H,19,22)/t17-/m1/s1. The smallest absolute Gasteiger partial charge is 0.263 e. The first-order valence-electron chi connectivity index (χ1n) is 9.17. The van der Waals surface area contributed by atoms with Gasteiger partial charge in [-0.3, -0.25) is 14.0 Å².